The number of nitrogens with zero attached hydrogens (tertiary/aromatic N) is 2. The van der Waals surface area contributed by atoms with E-state index in [9.17, 15) is 4.39 Å². The Morgan fingerprint density at radius 3 is 2.84 bits per heavy atom. The summed E-state index contributed by atoms with van der Waals surface area (Å²) in [5.74, 6) is 0.738. The van der Waals surface area contributed by atoms with Gasteiger partial charge in [0.05, 0.1) is 11.0 Å². The third-order valence-electron chi connectivity index (χ3n) is 3.39. The zero-order valence-corrected chi connectivity index (χ0v) is 11.5. The Morgan fingerprint density at radius 2 is 2.11 bits per heavy atom. The molecule has 0 unspecified atom stereocenters. The van der Waals surface area contributed by atoms with Gasteiger partial charge in [0.1, 0.15) is 11.6 Å². The largest absolute Gasteiger partial charge is 0.330 e. The first-order valence-corrected chi connectivity index (χ1v) is 7.11. The highest BCUT2D eigenvalue weighted by Crippen LogP contribution is 2.19. The fourth-order valence-corrected chi connectivity index (χ4v) is 2.42. The third-order valence-corrected chi connectivity index (χ3v) is 3.39. The minimum absolute atomic E-state index is 0.234. The summed E-state index contributed by atoms with van der Waals surface area (Å²) >= 11 is 0. The summed E-state index contributed by atoms with van der Waals surface area (Å²) in [5.41, 5.74) is 7.38. The van der Waals surface area contributed by atoms with Gasteiger partial charge < -0.3 is 10.3 Å². The molecule has 4 heteroatoms. The monoisotopic (exact) mass is 263 g/mol. The van der Waals surface area contributed by atoms with Crippen LogP contribution < -0.4 is 5.73 Å². The maximum absolute atomic E-state index is 13.2. The SMILES string of the molecule is CCCCCCn1c(CCN)nc2cc(F)ccc21. The summed E-state index contributed by atoms with van der Waals surface area (Å²) in [4.78, 5) is 4.51. The minimum atomic E-state index is -0.234. The summed E-state index contributed by atoms with van der Waals surface area (Å²) in [5, 5.41) is 0. The Bertz CT molecular complexity index is 533. The molecule has 3 nitrogen and oxygen atoms in total. The number of rotatable bonds is 7. The molecule has 0 amide bonds. The lowest BCUT2D eigenvalue weighted by Crippen LogP contribution is -2.10. The topological polar surface area (TPSA) is 43.8 Å². The van der Waals surface area contributed by atoms with Crippen LogP contribution in [0.15, 0.2) is 18.2 Å². The van der Waals surface area contributed by atoms with Crippen molar-refractivity contribution in [2.75, 3.05) is 6.54 Å². The Balaban J connectivity index is 2.24. The predicted molar refractivity (Wildman–Crippen MR) is 76.6 cm³/mol. The number of benzene rings is 1. The molecule has 0 radical (unpaired) electrons. The van der Waals surface area contributed by atoms with Crippen LogP contribution in [0, 0.1) is 5.82 Å². The van der Waals surface area contributed by atoms with Gasteiger partial charge in [0, 0.05) is 19.0 Å². The van der Waals surface area contributed by atoms with E-state index in [4.69, 9.17) is 5.73 Å². The van der Waals surface area contributed by atoms with Crippen LogP contribution in [0.2, 0.25) is 0 Å². The fraction of sp³-hybridized carbons (Fsp3) is 0.533. The van der Waals surface area contributed by atoms with Gasteiger partial charge in [0.25, 0.3) is 0 Å². The standard InChI is InChI=1S/C15H22FN3/c1-2-3-4-5-10-19-14-7-6-12(16)11-13(14)18-15(19)8-9-17/h6-7,11H,2-5,8-10,17H2,1H3. The molecule has 0 atom stereocenters. The lowest BCUT2D eigenvalue weighted by molar-refractivity contribution is 0.574. The predicted octanol–water partition coefficient (Wildman–Crippen LogP) is 3.26. The van der Waals surface area contributed by atoms with Crippen molar-refractivity contribution in [1.29, 1.82) is 0 Å². The van der Waals surface area contributed by atoms with E-state index >= 15 is 0 Å². The highest BCUT2D eigenvalue weighted by molar-refractivity contribution is 5.76. The molecule has 2 N–H and O–H groups in total. The van der Waals surface area contributed by atoms with Crippen LogP contribution in [0.4, 0.5) is 4.39 Å². The van der Waals surface area contributed by atoms with E-state index in [1.54, 1.807) is 0 Å². The number of hydrogen-bond acceptors (Lipinski definition) is 2. The molecule has 0 spiro atoms. The number of nitrogens with two attached hydrogens (primary N) is 1. The first-order valence-electron chi connectivity index (χ1n) is 7.11. The molecular formula is C15H22FN3. The number of imidazole rings is 1. The van der Waals surface area contributed by atoms with Crippen molar-refractivity contribution in [1.82, 2.24) is 9.55 Å². The quantitative estimate of drug-likeness (QED) is 0.779. The molecule has 0 bridgehead atoms. The van der Waals surface area contributed by atoms with E-state index in [0.717, 1.165) is 36.2 Å². The Kier molecular flexibility index (Phi) is 4.91. The van der Waals surface area contributed by atoms with Crippen molar-refractivity contribution in [3.05, 3.63) is 29.8 Å². The van der Waals surface area contributed by atoms with E-state index in [-0.39, 0.29) is 5.82 Å². The van der Waals surface area contributed by atoms with Crippen LogP contribution in [0.3, 0.4) is 0 Å². The lowest BCUT2D eigenvalue weighted by atomic mass is 10.2. The summed E-state index contributed by atoms with van der Waals surface area (Å²) in [6.45, 7) is 3.72. The van der Waals surface area contributed by atoms with Gasteiger partial charge in [-0.15, -0.1) is 0 Å². The van der Waals surface area contributed by atoms with E-state index in [2.05, 4.69) is 16.5 Å². The Hall–Kier alpha value is -1.42. The Labute approximate surface area is 113 Å². The first-order chi connectivity index (χ1) is 9.26. The normalized spacial score (nSPS) is 11.3. The fourth-order valence-electron chi connectivity index (χ4n) is 2.42. The van der Waals surface area contributed by atoms with Crippen molar-refractivity contribution >= 4 is 11.0 Å². The second-order valence-corrected chi connectivity index (χ2v) is 4.91. The molecule has 0 aliphatic rings. The van der Waals surface area contributed by atoms with Crippen LogP contribution in [-0.2, 0) is 13.0 Å². The lowest BCUT2D eigenvalue weighted by Gasteiger charge is -2.08. The van der Waals surface area contributed by atoms with Crippen LogP contribution in [0.25, 0.3) is 11.0 Å². The van der Waals surface area contributed by atoms with Gasteiger partial charge in [-0.05, 0) is 25.1 Å². The zero-order chi connectivity index (χ0) is 13.7. The molecule has 1 aromatic carbocycles. The highest BCUT2D eigenvalue weighted by Gasteiger charge is 2.10. The second-order valence-electron chi connectivity index (χ2n) is 4.91. The van der Waals surface area contributed by atoms with Gasteiger partial charge in [-0.3, -0.25) is 0 Å². The molecule has 2 rings (SSSR count). The maximum atomic E-state index is 13.2. The van der Waals surface area contributed by atoms with Crippen LogP contribution in [0.1, 0.15) is 38.4 Å². The Morgan fingerprint density at radius 1 is 1.26 bits per heavy atom. The molecular weight excluding hydrogens is 241 g/mol. The number of aromatic nitrogens is 2. The molecule has 1 aromatic heterocycles. The molecule has 0 fully saturated rings. The van der Waals surface area contributed by atoms with Gasteiger partial charge >= 0.3 is 0 Å². The molecule has 0 aliphatic heterocycles. The van der Waals surface area contributed by atoms with Gasteiger partial charge in [0.2, 0.25) is 0 Å². The number of hydrogen-bond donors (Lipinski definition) is 1. The molecule has 19 heavy (non-hydrogen) atoms. The van der Waals surface area contributed by atoms with Crippen molar-refractivity contribution in [3.63, 3.8) is 0 Å². The van der Waals surface area contributed by atoms with Crippen molar-refractivity contribution in [3.8, 4) is 0 Å². The van der Waals surface area contributed by atoms with Gasteiger partial charge in [-0.25, -0.2) is 9.37 Å². The van der Waals surface area contributed by atoms with E-state index in [0.29, 0.717) is 6.54 Å². The number of unbranched alkanes of at least 4 members (excludes halogenated alkanes) is 3. The third kappa shape index (κ3) is 3.32. The van der Waals surface area contributed by atoms with E-state index in [1.807, 2.05) is 6.07 Å². The molecule has 0 saturated heterocycles. The molecule has 104 valence electrons. The summed E-state index contributed by atoms with van der Waals surface area (Å²) < 4.78 is 15.4. The number of aryl methyl sites for hydroxylation is 1. The van der Waals surface area contributed by atoms with E-state index in [1.165, 1.54) is 31.4 Å². The zero-order valence-electron chi connectivity index (χ0n) is 11.5. The van der Waals surface area contributed by atoms with Gasteiger partial charge in [-0.1, -0.05) is 26.2 Å². The van der Waals surface area contributed by atoms with Crippen LogP contribution in [0.5, 0.6) is 0 Å². The summed E-state index contributed by atoms with van der Waals surface area (Å²) in [6, 6.07) is 4.81. The number of halogens is 1. The average Bonchev–Trinajstić information content (AvgIpc) is 2.72. The van der Waals surface area contributed by atoms with Crippen molar-refractivity contribution in [2.45, 2.75) is 45.6 Å². The van der Waals surface area contributed by atoms with Crippen molar-refractivity contribution in [2.24, 2.45) is 5.73 Å². The highest BCUT2D eigenvalue weighted by atomic mass is 19.1. The number of fused-ring (bicyclic) bond motifs is 1. The first kappa shape index (κ1) is 14.0. The van der Waals surface area contributed by atoms with Crippen LogP contribution in [-0.4, -0.2) is 16.1 Å². The minimum Gasteiger partial charge on any atom is -0.330 e. The molecule has 1 heterocycles. The van der Waals surface area contributed by atoms with Gasteiger partial charge in [-0.2, -0.15) is 0 Å². The average molecular weight is 263 g/mol. The van der Waals surface area contributed by atoms with Crippen LogP contribution >= 0.6 is 0 Å². The summed E-state index contributed by atoms with van der Waals surface area (Å²) in [6.07, 6.45) is 5.58. The maximum Gasteiger partial charge on any atom is 0.125 e. The molecule has 0 aliphatic carbocycles. The molecule has 0 saturated carbocycles. The smallest absolute Gasteiger partial charge is 0.125 e. The summed E-state index contributed by atoms with van der Waals surface area (Å²) in [7, 11) is 0. The van der Waals surface area contributed by atoms with Gasteiger partial charge in [0.15, 0.2) is 0 Å². The second kappa shape index (κ2) is 6.66. The van der Waals surface area contributed by atoms with Crippen molar-refractivity contribution < 1.29 is 4.39 Å². The molecule has 2 aromatic rings. The van der Waals surface area contributed by atoms with E-state index < -0.39 is 0 Å².